The monoisotopic (exact) mass is 359 g/mol. The molecule has 0 aliphatic heterocycles. The third-order valence-electron chi connectivity index (χ3n) is 4.28. The van der Waals surface area contributed by atoms with Crippen molar-refractivity contribution in [3.8, 4) is 16.9 Å². The first-order valence-electron chi connectivity index (χ1n) is 8.39. The number of carbonyl (C=O) groups excluding carboxylic acids is 1. The number of methoxy groups -OCH3 is 1. The molecule has 2 aromatic heterocycles. The van der Waals surface area contributed by atoms with Crippen molar-refractivity contribution in [3.63, 3.8) is 0 Å². The number of amides is 1. The number of rotatable bonds is 4. The Kier molecular flexibility index (Phi) is 4.25. The minimum Gasteiger partial charge on any atom is -0.497 e. The number of ether oxygens (including phenoxy) is 1. The Morgan fingerprint density at radius 3 is 2.67 bits per heavy atom. The molecule has 1 amide bonds. The first-order valence-corrected chi connectivity index (χ1v) is 8.39. The second-order valence-electron chi connectivity index (χ2n) is 5.98. The molecule has 7 heteroatoms. The molecule has 4 aromatic rings. The fourth-order valence-corrected chi connectivity index (χ4v) is 2.88. The third kappa shape index (κ3) is 3.10. The first-order chi connectivity index (χ1) is 13.2. The zero-order valence-electron chi connectivity index (χ0n) is 14.9. The molecule has 1 N–H and O–H groups in total. The van der Waals surface area contributed by atoms with Crippen LogP contribution < -0.4 is 10.1 Å². The molecule has 0 spiro atoms. The van der Waals surface area contributed by atoms with E-state index in [0.717, 1.165) is 11.1 Å². The van der Waals surface area contributed by atoms with Crippen molar-refractivity contribution in [2.24, 2.45) is 0 Å². The van der Waals surface area contributed by atoms with Crippen LogP contribution in [0.3, 0.4) is 0 Å². The van der Waals surface area contributed by atoms with Crippen LogP contribution in [0.2, 0.25) is 0 Å². The Bertz CT molecular complexity index is 1120. The minimum atomic E-state index is -0.355. The van der Waals surface area contributed by atoms with Crippen LogP contribution in [0, 0.1) is 6.92 Å². The van der Waals surface area contributed by atoms with Crippen molar-refractivity contribution in [1.29, 1.82) is 0 Å². The van der Waals surface area contributed by atoms with Crippen molar-refractivity contribution >= 4 is 17.2 Å². The van der Waals surface area contributed by atoms with E-state index in [2.05, 4.69) is 20.6 Å². The van der Waals surface area contributed by atoms with E-state index in [0.29, 0.717) is 22.8 Å². The maximum Gasteiger partial charge on any atom is 0.278 e. The molecule has 0 saturated heterocycles. The molecule has 0 aliphatic rings. The van der Waals surface area contributed by atoms with E-state index in [-0.39, 0.29) is 11.6 Å². The van der Waals surface area contributed by atoms with Crippen LogP contribution in [0.5, 0.6) is 5.75 Å². The fourth-order valence-electron chi connectivity index (χ4n) is 2.88. The molecule has 4 rings (SSSR count). The lowest BCUT2D eigenvalue weighted by Crippen LogP contribution is -2.18. The molecule has 134 valence electrons. The topological polar surface area (TPSA) is 81.4 Å². The van der Waals surface area contributed by atoms with E-state index in [1.807, 2.05) is 36.4 Å². The highest BCUT2D eigenvalue weighted by Crippen LogP contribution is 2.24. The van der Waals surface area contributed by atoms with Crippen LogP contribution in [-0.4, -0.2) is 32.8 Å². The van der Waals surface area contributed by atoms with Crippen molar-refractivity contribution < 1.29 is 9.53 Å². The number of carbonyl (C=O) groups is 1. The standard InChI is InChI=1S/C20H17N5O2/c1-13-18(20(26)22-15-9-6-10-16(11-15)27-2)23-24-19-17(12-21-25(13)19)14-7-4-3-5-8-14/h3-12H,1-2H3,(H,22,26). The van der Waals surface area contributed by atoms with Crippen LogP contribution in [0.4, 0.5) is 5.69 Å². The molecule has 27 heavy (non-hydrogen) atoms. The number of benzene rings is 2. The van der Waals surface area contributed by atoms with E-state index < -0.39 is 0 Å². The summed E-state index contributed by atoms with van der Waals surface area (Å²) in [5.74, 6) is 0.303. The van der Waals surface area contributed by atoms with Crippen LogP contribution >= 0.6 is 0 Å². The molecule has 0 atom stereocenters. The van der Waals surface area contributed by atoms with Gasteiger partial charge in [-0.05, 0) is 24.6 Å². The highest BCUT2D eigenvalue weighted by molar-refractivity contribution is 6.03. The summed E-state index contributed by atoms with van der Waals surface area (Å²) in [4.78, 5) is 12.7. The number of anilines is 1. The molecular weight excluding hydrogens is 342 g/mol. The van der Waals surface area contributed by atoms with Crippen LogP contribution in [0.25, 0.3) is 16.8 Å². The average Bonchev–Trinajstić information content (AvgIpc) is 3.14. The van der Waals surface area contributed by atoms with Gasteiger partial charge in [0.05, 0.1) is 19.0 Å². The molecule has 0 fully saturated rings. The van der Waals surface area contributed by atoms with Gasteiger partial charge in [-0.15, -0.1) is 10.2 Å². The normalized spacial score (nSPS) is 10.7. The summed E-state index contributed by atoms with van der Waals surface area (Å²) >= 11 is 0. The Labute approximate surface area is 155 Å². The molecule has 0 unspecified atom stereocenters. The van der Waals surface area contributed by atoms with Gasteiger partial charge in [0.1, 0.15) is 5.75 Å². The maximum absolute atomic E-state index is 12.7. The van der Waals surface area contributed by atoms with E-state index in [1.54, 1.807) is 42.9 Å². The van der Waals surface area contributed by atoms with Crippen molar-refractivity contribution in [1.82, 2.24) is 19.8 Å². The van der Waals surface area contributed by atoms with Gasteiger partial charge in [-0.25, -0.2) is 4.52 Å². The quantitative estimate of drug-likeness (QED) is 0.604. The van der Waals surface area contributed by atoms with Gasteiger partial charge in [0.15, 0.2) is 11.3 Å². The lowest BCUT2D eigenvalue weighted by molar-refractivity contribution is 0.102. The highest BCUT2D eigenvalue weighted by atomic mass is 16.5. The maximum atomic E-state index is 12.7. The van der Waals surface area contributed by atoms with Crippen molar-refractivity contribution in [3.05, 3.63) is 72.2 Å². The summed E-state index contributed by atoms with van der Waals surface area (Å²) < 4.78 is 6.81. The molecule has 0 saturated carbocycles. The Morgan fingerprint density at radius 1 is 1.07 bits per heavy atom. The number of fused-ring (bicyclic) bond motifs is 1. The number of nitrogens with zero attached hydrogens (tertiary/aromatic N) is 4. The lowest BCUT2D eigenvalue weighted by atomic mass is 10.1. The molecule has 0 bridgehead atoms. The summed E-state index contributed by atoms with van der Waals surface area (Å²) in [7, 11) is 1.58. The second-order valence-corrected chi connectivity index (χ2v) is 5.98. The minimum absolute atomic E-state index is 0.216. The van der Waals surface area contributed by atoms with E-state index in [4.69, 9.17) is 4.74 Å². The molecule has 0 aliphatic carbocycles. The number of hydrogen-bond acceptors (Lipinski definition) is 5. The summed E-state index contributed by atoms with van der Waals surface area (Å²) in [6, 6.07) is 17.0. The smallest absolute Gasteiger partial charge is 0.278 e. The van der Waals surface area contributed by atoms with Crippen molar-refractivity contribution in [2.45, 2.75) is 6.92 Å². The van der Waals surface area contributed by atoms with E-state index >= 15 is 0 Å². The van der Waals surface area contributed by atoms with Gasteiger partial charge in [-0.2, -0.15) is 5.10 Å². The predicted octanol–water partition coefficient (Wildman–Crippen LogP) is 3.36. The van der Waals surface area contributed by atoms with Gasteiger partial charge in [-0.3, -0.25) is 4.79 Å². The second kappa shape index (κ2) is 6.87. The van der Waals surface area contributed by atoms with Crippen molar-refractivity contribution in [2.75, 3.05) is 12.4 Å². The van der Waals surface area contributed by atoms with Gasteiger partial charge in [0.25, 0.3) is 5.91 Å². The zero-order chi connectivity index (χ0) is 18.8. The van der Waals surface area contributed by atoms with Crippen LogP contribution in [0.1, 0.15) is 16.2 Å². The molecule has 2 heterocycles. The first kappa shape index (κ1) is 16.7. The molecular formula is C20H17N5O2. The summed E-state index contributed by atoms with van der Waals surface area (Å²) in [6.07, 6.45) is 1.73. The summed E-state index contributed by atoms with van der Waals surface area (Å²) in [5.41, 5.74) is 3.92. The highest BCUT2D eigenvalue weighted by Gasteiger charge is 2.18. The Balaban J connectivity index is 1.68. The molecule has 0 radical (unpaired) electrons. The summed E-state index contributed by atoms with van der Waals surface area (Å²) in [5, 5.41) is 15.6. The molecule has 7 nitrogen and oxygen atoms in total. The van der Waals surface area contributed by atoms with Gasteiger partial charge in [0.2, 0.25) is 0 Å². The fraction of sp³-hybridized carbons (Fsp3) is 0.100. The number of aromatic nitrogens is 4. The SMILES string of the molecule is COc1cccc(NC(=O)c2nnc3c(-c4ccccc4)cnn3c2C)c1. The zero-order valence-corrected chi connectivity index (χ0v) is 14.9. The van der Waals surface area contributed by atoms with E-state index in [1.165, 1.54) is 0 Å². The van der Waals surface area contributed by atoms with Gasteiger partial charge >= 0.3 is 0 Å². The van der Waals surface area contributed by atoms with Crippen LogP contribution in [0.15, 0.2) is 60.8 Å². The third-order valence-corrected chi connectivity index (χ3v) is 4.28. The number of nitrogens with one attached hydrogen (secondary N) is 1. The Morgan fingerprint density at radius 2 is 1.89 bits per heavy atom. The largest absolute Gasteiger partial charge is 0.497 e. The molecule has 2 aromatic carbocycles. The number of hydrogen-bond donors (Lipinski definition) is 1. The van der Waals surface area contributed by atoms with E-state index in [9.17, 15) is 4.79 Å². The lowest BCUT2D eigenvalue weighted by Gasteiger charge is -2.09. The Hall–Kier alpha value is -3.74. The number of aryl methyl sites for hydroxylation is 1. The van der Waals surface area contributed by atoms with Gasteiger partial charge in [-0.1, -0.05) is 36.4 Å². The average molecular weight is 359 g/mol. The predicted molar refractivity (Wildman–Crippen MR) is 102 cm³/mol. The van der Waals surface area contributed by atoms with Gasteiger partial charge < -0.3 is 10.1 Å². The van der Waals surface area contributed by atoms with Crippen LogP contribution in [-0.2, 0) is 0 Å². The van der Waals surface area contributed by atoms with Gasteiger partial charge in [0, 0.05) is 17.3 Å². The summed E-state index contributed by atoms with van der Waals surface area (Å²) in [6.45, 7) is 1.80.